The molecule has 5 nitrogen and oxygen atoms in total. The van der Waals surface area contributed by atoms with Gasteiger partial charge < -0.3 is 14.8 Å². The number of carbonyl (C=O) groups excluding carboxylic acids is 2. The fourth-order valence-corrected chi connectivity index (χ4v) is 1.19. The van der Waals surface area contributed by atoms with Crippen LogP contribution in [-0.4, -0.2) is 30.8 Å². The summed E-state index contributed by atoms with van der Waals surface area (Å²) in [7, 11) is 0. The van der Waals surface area contributed by atoms with Gasteiger partial charge in [0.25, 0.3) is 0 Å². The Hall–Kier alpha value is -1.26. The summed E-state index contributed by atoms with van der Waals surface area (Å²) in [5.74, 6) is -0.232. The standard InChI is InChI=1S/C13H25NO4/c1-7-17-13(16)14-11(9(4)5)12(15)18-10(6)8(2)3/h8-11H,7H2,1-6H3,(H,14,16)/t10-,11?/m1/s1. The summed E-state index contributed by atoms with van der Waals surface area (Å²) in [5, 5.41) is 2.53. The Morgan fingerprint density at radius 2 is 1.61 bits per heavy atom. The van der Waals surface area contributed by atoms with Crippen molar-refractivity contribution in [3.63, 3.8) is 0 Å². The highest BCUT2D eigenvalue weighted by Crippen LogP contribution is 2.10. The largest absolute Gasteiger partial charge is 0.461 e. The van der Waals surface area contributed by atoms with E-state index in [1.165, 1.54) is 0 Å². The number of nitrogens with one attached hydrogen (secondary N) is 1. The van der Waals surface area contributed by atoms with Gasteiger partial charge in [-0.2, -0.15) is 0 Å². The van der Waals surface area contributed by atoms with Crippen molar-refractivity contribution in [3.8, 4) is 0 Å². The summed E-state index contributed by atoms with van der Waals surface area (Å²) < 4.78 is 10.1. The van der Waals surface area contributed by atoms with Gasteiger partial charge in [-0.3, -0.25) is 0 Å². The van der Waals surface area contributed by atoms with Crippen molar-refractivity contribution in [2.45, 2.75) is 53.7 Å². The lowest BCUT2D eigenvalue weighted by atomic mass is 10.0. The number of esters is 1. The van der Waals surface area contributed by atoms with Crippen LogP contribution in [0.2, 0.25) is 0 Å². The van der Waals surface area contributed by atoms with Crippen LogP contribution < -0.4 is 5.32 Å². The molecule has 0 aromatic carbocycles. The molecule has 1 amide bonds. The minimum absolute atomic E-state index is 0.0544. The molecule has 0 bridgehead atoms. The summed E-state index contributed by atoms with van der Waals surface area (Å²) >= 11 is 0. The zero-order chi connectivity index (χ0) is 14.3. The molecule has 0 fully saturated rings. The average molecular weight is 259 g/mol. The number of amides is 1. The topological polar surface area (TPSA) is 64.6 Å². The fraction of sp³-hybridized carbons (Fsp3) is 0.846. The normalized spacial score (nSPS) is 14.2. The van der Waals surface area contributed by atoms with Crippen molar-refractivity contribution >= 4 is 12.1 Å². The number of ether oxygens (including phenoxy) is 2. The van der Waals surface area contributed by atoms with Crippen LogP contribution in [0.5, 0.6) is 0 Å². The Kier molecular flexibility index (Phi) is 7.39. The van der Waals surface area contributed by atoms with Gasteiger partial charge in [-0.1, -0.05) is 27.7 Å². The van der Waals surface area contributed by atoms with Gasteiger partial charge in [-0.25, -0.2) is 9.59 Å². The molecule has 0 aromatic rings. The molecule has 0 saturated heterocycles. The first kappa shape index (κ1) is 16.7. The van der Waals surface area contributed by atoms with Crippen LogP contribution in [0, 0.1) is 11.8 Å². The lowest BCUT2D eigenvalue weighted by molar-refractivity contribution is -0.153. The van der Waals surface area contributed by atoms with E-state index in [2.05, 4.69) is 5.32 Å². The van der Waals surface area contributed by atoms with Crippen LogP contribution in [0.4, 0.5) is 4.79 Å². The lowest BCUT2D eigenvalue weighted by Gasteiger charge is -2.24. The number of hydrogen-bond donors (Lipinski definition) is 1. The summed E-state index contributed by atoms with van der Waals surface area (Å²) in [5.41, 5.74) is 0. The average Bonchev–Trinajstić information content (AvgIpc) is 2.25. The second-order valence-corrected chi connectivity index (χ2v) is 4.97. The maximum Gasteiger partial charge on any atom is 0.407 e. The first-order valence-corrected chi connectivity index (χ1v) is 6.43. The Balaban J connectivity index is 4.50. The SMILES string of the molecule is CCOC(=O)NC(C(=O)O[C@H](C)C(C)C)C(C)C. The van der Waals surface area contributed by atoms with Gasteiger partial charge in [-0.15, -0.1) is 0 Å². The van der Waals surface area contributed by atoms with Crippen molar-refractivity contribution in [1.82, 2.24) is 5.32 Å². The van der Waals surface area contributed by atoms with E-state index in [0.717, 1.165) is 0 Å². The van der Waals surface area contributed by atoms with Gasteiger partial charge in [0.15, 0.2) is 0 Å². The van der Waals surface area contributed by atoms with E-state index >= 15 is 0 Å². The minimum atomic E-state index is -0.676. The third-order valence-corrected chi connectivity index (χ3v) is 2.71. The minimum Gasteiger partial charge on any atom is -0.461 e. The van der Waals surface area contributed by atoms with Crippen LogP contribution in [0.15, 0.2) is 0 Å². The summed E-state index contributed by atoms with van der Waals surface area (Å²) in [4.78, 5) is 23.3. The van der Waals surface area contributed by atoms with Gasteiger partial charge in [0, 0.05) is 0 Å². The first-order chi connectivity index (χ1) is 8.29. The molecule has 2 atom stereocenters. The predicted molar refractivity (Wildman–Crippen MR) is 69.2 cm³/mol. The smallest absolute Gasteiger partial charge is 0.407 e. The zero-order valence-corrected chi connectivity index (χ0v) is 12.1. The molecule has 0 aromatic heterocycles. The molecule has 0 spiro atoms. The van der Waals surface area contributed by atoms with E-state index < -0.39 is 18.1 Å². The number of carbonyl (C=O) groups is 2. The van der Waals surface area contributed by atoms with E-state index in [9.17, 15) is 9.59 Å². The van der Waals surface area contributed by atoms with E-state index in [4.69, 9.17) is 9.47 Å². The van der Waals surface area contributed by atoms with Crippen molar-refractivity contribution < 1.29 is 19.1 Å². The molecule has 0 heterocycles. The number of rotatable bonds is 6. The Morgan fingerprint density at radius 1 is 1.06 bits per heavy atom. The lowest BCUT2D eigenvalue weighted by Crippen LogP contribution is -2.46. The van der Waals surface area contributed by atoms with Crippen molar-refractivity contribution in [2.24, 2.45) is 11.8 Å². The molecule has 0 rings (SSSR count). The van der Waals surface area contributed by atoms with E-state index in [-0.39, 0.29) is 24.5 Å². The molecule has 5 heteroatoms. The highest BCUT2D eigenvalue weighted by molar-refractivity contribution is 5.81. The van der Waals surface area contributed by atoms with E-state index in [1.807, 2.05) is 34.6 Å². The van der Waals surface area contributed by atoms with Crippen LogP contribution in [0.3, 0.4) is 0 Å². The molecule has 0 radical (unpaired) electrons. The fourth-order valence-electron chi connectivity index (χ4n) is 1.19. The van der Waals surface area contributed by atoms with Crippen LogP contribution in [0.25, 0.3) is 0 Å². The maximum absolute atomic E-state index is 11.9. The second kappa shape index (κ2) is 7.95. The molecule has 106 valence electrons. The maximum atomic E-state index is 11.9. The first-order valence-electron chi connectivity index (χ1n) is 6.43. The summed E-state index contributed by atoms with van der Waals surface area (Å²) in [6.07, 6.45) is -0.770. The second-order valence-electron chi connectivity index (χ2n) is 4.97. The Bertz CT molecular complexity index is 276. The van der Waals surface area contributed by atoms with Crippen molar-refractivity contribution in [3.05, 3.63) is 0 Å². The number of alkyl carbamates (subject to hydrolysis) is 1. The molecule has 0 aliphatic rings. The molecule has 1 N–H and O–H groups in total. The highest BCUT2D eigenvalue weighted by atomic mass is 16.6. The molecular formula is C13H25NO4. The quantitative estimate of drug-likeness (QED) is 0.744. The van der Waals surface area contributed by atoms with E-state index in [1.54, 1.807) is 6.92 Å². The zero-order valence-electron chi connectivity index (χ0n) is 12.1. The van der Waals surface area contributed by atoms with Gasteiger partial charge in [-0.05, 0) is 25.7 Å². The molecular weight excluding hydrogens is 234 g/mol. The van der Waals surface area contributed by atoms with Crippen LogP contribution in [-0.2, 0) is 14.3 Å². The predicted octanol–water partition coefficient (Wildman–Crippen LogP) is 2.34. The molecule has 0 saturated carbocycles. The highest BCUT2D eigenvalue weighted by Gasteiger charge is 2.28. The molecule has 1 unspecified atom stereocenters. The Morgan fingerprint density at radius 3 is 2.00 bits per heavy atom. The summed E-state index contributed by atoms with van der Waals surface area (Å²) in [6.45, 7) is 11.5. The third kappa shape index (κ3) is 5.89. The van der Waals surface area contributed by atoms with Gasteiger partial charge in [0.1, 0.15) is 12.1 Å². The number of hydrogen-bond acceptors (Lipinski definition) is 4. The molecule has 18 heavy (non-hydrogen) atoms. The summed E-state index contributed by atoms with van der Waals surface area (Å²) in [6, 6.07) is -0.676. The van der Waals surface area contributed by atoms with Crippen molar-refractivity contribution in [1.29, 1.82) is 0 Å². The van der Waals surface area contributed by atoms with Crippen LogP contribution >= 0.6 is 0 Å². The third-order valence-electron chi connectivity index (χ3n) is 2.71. The van der Waals surface area contributed by atoms with Gasteiger partial charge >= 0.3 is 12.1 Å². The van der Waals surface area contributed by atoms with Gasteiger partial charge in [0.2, 0.25) is 0 Å². The Labute approximate surface area is 109 Å². The molecule has 0 aliphatic carbocycles. The van der Waals surface area contributed by atoms with Crippen LogP contribution in [0.1, 0.15) is 41.5 Å². The van der Waals surface area contributed by atoms with Gasteiger partial charge in [0.05, 0.1) is 6.61 Å². The van der Waals surface area contributed by atoms with E-state index in [0.29, 0.717) is 0 Å². The van der Waals surface area contributed by atoms with Crippen molar-refractivity contribution in [2.75, 3.05) is 6.61 Å². The monoisotopic (exact) mass is 259 g/mol. The molecule has 0 aliphatic heterocycles.